The third kappa shape index (κ3) is 3.62. The van der Waals surface area contributed by atoms with Gasteiger partial charge in [0.1, 0.15) is 6.10 Å². The van der Waals surface area contributed by atoms with Crippen LogP contribution in [0.4, 0.5) is 11.5 Å². The van der Waals surface area contributed by atoms with Crippen LogP contribution in [0.2, 0.25) is 0 Å². The Morgan fingerprint density at radius 1 is 1.60 bits per heavy atom. The summed E-state index contributed by atoms with van der Waals surface area (Å²) in [6.07, 6.45) is -1.54. The minimum absolute atomic E-state index is 0.158. The number of carbonyl (C=O) groups excluding carboxylic acids is 2. The molecular weight excluding hydrogens is 272 g/mol. The van der Waals surface area contributed by atoms with Crippen LogP contribution >= 0.6 is 0 Å². The SMILES string of the molecule is COC(=O)c1ccc([N+](=O)[O-])c(NCC(O)C(N)=O)n1. The van der Waals surface area contributed by atoms with E-state index in [-0.39, 0.29) is 18.1 Å². The molecule has 1 atom stereocenters. The molecule has 0 bridgehead atoms. The van der Waals surface area contributed by atoms with E-state index >= 15 is 0 Å². The number of anilines is 1. The van der Waals surface area contributed by atoms with Crippen LogP contribution in [0, 0.1) is 10.1 Å². The van der Waals surface area contributed by atoms with Crippen LogP contribution in [-0.2, 0) is 9.53 Å². The number of carbonyl (C=O) groups is 2. The van der Waals surface area contributed by atoms with Crippen LogP contribution in [0.3, 0.4) is 0 Å². The molecule has 0 saturated carbocycles. The fourth-order valence-corrected chi connectivity index (χ4v) is 1.24. The molecule has 1 amide bonds. The topological polar surface area (TPSA) is 158 Å². The number of esters is 1. The highest BCUT2D eigenvalue weighted by atomic mass is 16.6. The first-order chi connectivity index (χ1) is 9.36. The molecule has 108 valence electrons. The molecule has 0 aliphatic rings. The number of rotatable bonds is 6. The van der Waals surface area contributed by atoms with Gasteiger partial charge >= 0.3 is 11.7 Å². The lowest BCUT2D eigenvalue weighted by molar-refractivity contribution is -0.384. The Morgan fingerprint density at radius 3 is 2.75 bits per heavy atom. The zero-order chi connectivity index (χ0) is 15.3. The van der Waals surface area contributed by atoms with Crippen molar-refractivity contribution in [2.24, 2.45) is 5.73 Å². The number of nitrogens with two attached hydrogens (primary N) is 1. The molecule has 1 aromatic heterocycles. The van der Waals surface area contributed by atoms with Crippen molar-refractivity contribution >= 4 is 23.4 Å². The summed E-state index contributed by atoms with van der Waals surface area (Å²) < 4.78 is 4.43. The summed E-state index contributed by atoms with van der Waals surface area (Å²) in [5.41, 5.74) is 4.26. The van der Waals surface area contributed by atoms with Crippen molar-refractivity contribution in [2.75, 3.05) is 19.0 Å². The molecule has 1 aromatic rings. The van der Waals surface area contributed by atoms with E-state index in [0.29, 0.717) is 0 Å². The van der Waals surface area contributed by atoms with E-state index in [0.717, 1.165) is 19.2 Å². The number of nitro groups is 1. The smallest absolute Gasteiger partial charge is 0.356 e. The van der Waals surface area contributed by atoms with Crippen molar-refractivity contribution in [1.29, 1.82) is 0 Å². The number of nitrogens with zero attached hydrogens (tertiary/aromatic N) is 2. The van der Waals surface area contributed by atoms with Gasteiger partial charge in [0.05, 0.1) is 18.6 Å². The second-order valence-corrected chi connectivity index (χ2v) is 3.61. The van der Waals surface area contributed by atoms with Gasteiger partial charge in [0.25, 0.3) is 0 Å². The Balaban J connectivity index is 3.03. The Hall–Kier alpha value is -2.75. The molecule has 0 aliphatic heterocycles. The second kappa shape index (κ2) is 6.43. The number of methoxy groups -OCH3 is 1. The summed E-state index contributed by atoms with van der Waals surface area (Å²) in [5, 5.41) is 22.4. The van der Waals surface area contributed by atoms with Crippen molar-refractivity contribution in [3.05, 3.63) is 27.9 Å². The maximum absolute atomic E-state index is 11.3. The van der Waals surface area contributed by atoms with Gasteiger partial charge in [0.2, 0.25) is 11.7 Å². The van der Waals surface area contributed by atoms with Gasteiger partial charge < -0.3 is 20.9 Å². The zero-order valence-electron chi connectivity index (χ0n) is 10.4. The first-order valence-electron chi connectivity index (χ1n) is 5.31. The van der Waals surface area contributed by atoms with E-state index in [1.807, 2.05) is 0 Å². The molecule has 0 aromatic carbocycles. The number of primary amides is 1. The van der Waals surface area contributed by atoms with Crippen LogP contribution in [0.5, 0.6) is 0 Å². The molecule has 1 unspecified atom stereocenters. The summed E-state index contributed by atoms with van der Waals surface area (Å²) in [7, 11) is 1.13. The summed E-state index contributed by atoms with van der Waals surface area (Å²) in [6, 6.07) is 2.18. The minimum atomic E-state index is -1.54. The summed E-state index contributed by atoms with van der Waals surface area (Å²) in [5.74, 6) is -2.05. The zero-order valence-corrected chi connectivity index (χ0v) is 10.4. The lowest BCUT2D eigenvalue weighted by Gasteiger charge is -2.10. The Morgan fingerprint density at radius 2 is 2.25 bits per heavy atom. The van der Waals surface area contributed by atoms with Gasteiger partial charge in [0.15, 0.2) is 5.69 Å². The molecule has 0 aliphatic carbocycles. The number of amides is 1. The molecule has 4 N–H and O–H groups in total. The molecule has 10 nitrogen and oxygen atoms in total. The van der Waals surface area contributed by atoms with Crippen LogP contribution in [0.1, 0.15) is 10.5 Å². The number of ether oxygens (including phenoxy) is 1. The highest BCUT2D eigenvalue weighted by Crippen LogP contribution is 2.22. The van der Waals surface area contributed by atoms with E-state index in [1.54, 1.807) is 0 Å². The van der Waals surface area contributed by atoms with Gasteiger partial charge in [-0.3, -0.25) is 14.9 Å². The lowest BCUT2D eigenvalue weighted by atomic mass is 10.3. The molecule has 10 heteroatoms. The third-order valence-electron chi connectivity index (χ3n) is 2.26. The monoisotopic (exact) mass is 284 g/mol. The quantitative estimate of drug-likeness (QED) is 0.342. The van der Waals surface area contributed by atoms with Crippen molar-refractivity contribution in [1.82, 2.24) is 4.98 Å². The summed E-state index contributed by atoms with van der Waals surface area (Å²) in [6.45, 7) is -0.381. The van der Waals surface area contributed by atoms with Crippen LogP contribution < -0.4 is 11.1 Å². The number of nitrogens with one attached hydrogen (secondary N) is 1. The van der Waals surface area contributed by atoms with Gasteiger partial charge in [-0.25, -0.2) is 9.78 Å². The standard InChI is InChI=1S/C10H12N4O6/c1-20-10(17)5-2-3-6(14(18)19)9(13-5)12-4-7(15)8(11)16/h2-3,7,15H,4H2,1H3,(H2,11,16)(H,12,13). The van der Waals surface area contributed by atoms with E-state index in [2.05, 4.69) is 15.0 Å². The van der Waals surface area contributed by atoms with E-state index in [4.69, 9.17) is 5.73 Å². The first-order valence-corrected chi connectivity index (χ1v) is 5.31. The van der Waals surface area contributed by atoms with Gasteiger partial charge in [-0.15, -0.1) is 0 Å². The number of aliphatic hydroxyl groups excluding tert-OH is 1. The number of hydrogen-bond acceptors (Lipinski definition) is 8. The predicted octanol–water partition coefficient (Wildman–Crippen LogP) is -0.966. The molecule has 1 heterocycles. The maximum atomic E-state index is 11.3. The molecule has 0 saturated heterocycles. The highest BCUT2D eigenvalue weighted by Gasteiger charge is 2.20. The number of aliphatic hydroxyl groups is 1. The highest BCUT2D eigenvalue weighted by molar-refractivity contribution is 5.88. The molecule has 1 rings (SSSR count). The number of pyridine rings is 1. The van der Waals surface area contributed by atoms with E-state index in [1.165, 1.54) is 0 Å². The summed E-state index contributed by atoms with van der Waals surface area (Å²) >= 11 is 0. The van der Waals surface area contributed by atoms with Crippen molar-refractivity contribution in [3.8, 4) is 0 Å². The molecule has 0 spiro atoms. The molecule has 0 radical (unpaired) electrons. The van der Waals surface area contributed by atoms with Gasteiger partial charge in [0, 0.05) is 6.07 Å². The van der Waals surface area contributed by atoms with Crippen LogP contribution in [-0.4, -0.2) is 46.6 Å². The Labute approximate surface area is 112 Å². The van der Waals surface area contributed by atoms with E-state index < -0.39 is 28.6 Å². The Bertz CT molecular complexity index is 547. The number of aromatic nitrogens is 1. The van der Waals surface area contributed by atoms with Gasteiger partial charge in [-0.1, -0.05) is 0 Å². The predicted molar refractivity (Wildman–Crippen MR) is 65.9 cm³/mol. The number of hydrogen-bond donors (Lipinski definition) is 3. The normalized spacial score (nSPS) is 11.5. The average Bonchev–Trinajstić information content (AvgIpc) is 2.43. The average molecular weight is 284 g/mol. The molecular formula is C10H12N4O6. The van der Waals surface area contributed by atoms with Crippen LogP contribution in [0.25, 0.3) is 0 Å². The van der Waals surface area contributed by atoms with Crippen LogP contribution in [0.15, 0.2) is 12.1 Å². The van der Waals surface area contributed by atoms with Crippen molar-refractivity contribution < 1.29 is 24.4 Å². The van der Waals surface area contributed by atoms with E-state index in [9.17, 15) is 24.8 Å². The summed E-state index contributed by atoms with van der Waals surface area (Å²) in [4.78, 5) is 35.7. The maximum Gasteiger partial charge on any atom is 0.356 e. The lowest BCUT2D eigenvalue weighted by Crippen LogP contribution is -2.34. The second-order valence-electron chi connectivity index (χ2n) is 3.61. The third-order valence-corrected chi connectivity index (χ3v) is 2.26. The van der Waals surface area contributed by atoms with Gasteiger partial charge in [-0.2, -0.15) is 0 Å². The Kier molecular flexibility index (Phi) is 4.92. The van der Waals surface area contributed by atoms with Crippen molar-refractivity contribution in [2.45, 2.75) is 6.10 Å². The van der Waals surface area contributed by atoms with Crippen molar-refractivity contribution in [3.63, 3.8) is 0 Å². The first kappa shape index (κ1) is 15.3. The molecule has 20 heavy (non-hydrogen) atoms. The largest absolute Gasteiger partial charge is 0.464 e. The molecule has 0 fully saturated rings. The van der Waals surface area contributed by atoms with Gasteiger partial charge in [-0.05, 0) is 6.07 Å². The minimum Gasteiger partial charge on any atom is -0.464 e. The fraction of sp³-hybridized carbons (Fsp3) is 0.300. The fourth-order valence-electron chi connectivity index (χ4n) is 1.24.